The number of carbonyl (C=O) groups excluding carboxylic acids is 1. The minimum Gasteiger partial charge on any atom is -0.460 e. The number of ether oxygens (including phenoxy) is 1. The summed E-state index contributed by atoms with van der Waals surface area (Å²) >= 11 is 11.2. The molecule has 0 spiro atoms. The Morgan fingerprint density at radius 3 is 2.00 bits per heavy atom. The summed E-state index contributed by atoms with van der Waals surface area (Å²) in [7, 11) is -4.29. The highest BCUT2D eigenvalue weighted by molar-refractivity contribution is 7.85. The van der Waals surface area contributed by atoms with Crippen molar-refractivity contribution in [3.63, 3.8) is 0 Å². The molecule has 8 nitrogen and oxygen atoms in total. The minimum absolute atomic E-state index is 0.0138. The molecule has 0 aliphatic rings. The van der Waals surface area contributed by atoms with Crippen molar-refractivity contribution in [3.8, 4) is 0 Å². The number of alkyl halides is 2. The summed E-state index contributed by atoms with van der Waals surface area (Å²) < 4.78 is 35.6. The van der Waals surface area contributed by atoms with Crippen LogP contribution in [0.5, 0.6) is 0 Å². The number of aromatic nitrogens is 1. The summed E-state index contributed by atoms with van der Waals surface area (Å²) in [6, 6.07) is 10.4. The van der Waals surface area contributed by atoms with Crippen LogP contribution in [0, 0.1) is 0 Å². The average molecular weight is 465 g/mol. The van der Waals surface area contributed by atoms with Gasteiger partial charge in [0, 0.05) is 37.2 Å². The van der Waals surface area contributed by atoms with Gasteiger partial charge in [0.05, 0.1) is 10.5 Å². The third kappa shape index (κ3) is 11.1. The highest BCUT2D eigenvalue weighted by atomic mass is 35.5. The van der Waals surface area contributed by atoms with Crippen molar-refractivity contribution in [2.75, 3.05) is 38.1 Å². The van der Waals surface area contributed by atoms with Crippen LogP contribution < -0.4 is 0 Å². The second-order valence-electron chi connectivity index (χ2n) is 5.30. The summed E-state index contributed by atoms with van der Waals surface area (Å²) in [5.41, 5.74) is 0.163. The van der Waals surface area contributed by atoms with Gasteiger partial charge in [-0.05, 0) is 36.4 Å². The molecule has 160 valence electrons. The van der Waals surface area contributed by atoms with Crippen molar-refractivity contribution in [3.05, 3.63) is 60.4 Å². The van der Waals surface area contributed by atoms with Gasteiger partial charge in [0.2, 0.25) is 0 Å². The van der Waals surface area contributed by atoms with E-state index < -0.39 is 16.1 Å². The Balaban J connectivity index is 0.000000594. The lowest BCUT2D eigenvalue weighted by Gasteiger charge is -2.19. The van der Waals surface area contributed by atoms with Crippen LogP contribution in [0.1, 0.15) is 10.4 Å². The molecule has 0 radical (unpaired) electrons. The van der Waals surface area contributed by atoms with Crippen molar-refractivity contribution in [2.45, 2.75) is 4.90 Å². The number of hydrogen-bond acceptors (Lipinski definition) is 7. The number of halogens is 2. The van der Waals surface area contributed by atoms with E-state index in [1.807, 2.05) is 18.2 Å². The minimum atomic E-state index is -4.29. The first kappa shape index (κ1) is 25.3. The molecule has 1 N–H and O–H groups in total. The summed E-state index contributed by atoms with van der Waals surface area (Å²) in [5, 5.41) is 1.58. The number of rotatable bonds is 10. The maximum Gasteiger partial charge on any atom is 0.338 e. The first-order chi connectivity index (χ1) is 13.9. The van der Waals surface area contributed by atoms with E-state index in [9.17, 15) is 13.2 Å². The van der Waals surface area contributed by atoms with E-state index in [-0.39, 0.29) is 23.7 Å². The molecular formula is C18H22Cl2N2O6S. The zero-order valence-corrected chi connectivity index (χ0v) is 17.8. The van der Waals surface area contributed by atoms with Crippen molar-refractivity contribution < 1.29 is 27.3 Å². The Morgan fingerprint density at radius 2 is 1.59 bits per heavy atom. The van der Waals surface area contributed by atoms with Crippen LogP contribution in [-0.2, 0) is 19.7 Å². The van der Waals surface area contributed by atoms with E-state index in [1.165, 1.54) is 12.1 Å². The fourth-order valence-electron chi connectivity index (χ4n) is 1.89. The number of hydrogen-bond donors (Lipinski definition) is 1. The Hall–Kier alpha value is -1.75. The molecule has 0 aliphatic heterocycles. The van der Waals surface area contributed by atoms with Gasteiger partial charge in [-0.3, -0.25) is 14.4 Å². The van der Waals surface area contributed by atoms with Gasteiger partial charge in [-0.15, -0.1) is 23.2 Å². The van der Waals surface area contributed by atoms with E-state index in [2.05, 4.69) is 4.98 Å². The molecule has 1 aromatic carbocycles. The maximum atomic E-state index is 11.8. The number of esters is 1. The van der Waals surface area contributed by atoms with Crippen LogP contribution in [0.4, 0.5) is 0 Å². The van der Waals surface area contributed by atoms with E-state index in [1.54, 1.807) is 17.5 Å². The first-order valence-corrected chi connectivity index (χ1v) is 11.0. The van der Waals surface area contributed by atoms with Crippen LogP contribution in [-0.4, -0.2) is 67.1 Å². The molecule has 0 bridgehead atoms. The predicted octanol–water partition coefficient (Wildman–Crippen LogP) is 2.88. The number of pyridine rings is 1. The molecule has 0 saturated carbocycles. The van der Waals surface area contributed by atoms with Crippen LogP contribution in [0.15, 0.2) is 59.8 Å². The summed E-state index contributed by atoms with van der Waals surface area (Å²) in [6.07, 6.45) is 3.50. The van der Waals surface area contributed by atoms with Crippen LogP contribution in [0.3, 0.4) is 0 Å². The molecule has 2 aromatic rings. The van der Waals surface area contributed by atoms with Crippen molar-refractivity contribution in [2.24, 2.45) is 0 Å². The molecule has 0 fully saturated rings. The van der Waals surface area contributed by atoms with E-state index in [4.69, 9.17) is 37.3 Å². The highest BCUT2D eigenvalue weighted by Gasteiger charge is 2.12. The molecule has 0 amide bonds. The van der Waals surface area contributed by atoms with Gasteiger partial charge in [0.15, 0.2) is 0 Å². The Morgan fingerprint density at radius 1 is 1.00 bits per heavy atom. The van der Waals surface area contributed by atoms with Gasteiger partial charge in [0.1, 0.15) is 13.2 Å². The van der Waals surface area contributed by atoms with Crippen LogP contribution >= 0.6 is 23.2 Å². The lowest BCUT2D eigenvalue weighted by molar-refractivity contribution is -0.159. The largest absolute Gasteiger partial charge is 0.460 e. The molecule has 0 saturated heterocycles. The number of nitrogens with zero attached hydrogens (tertiary/aromatic N) is 2. The lowest BCUT2D eigenvalue weighted by Crippen LogP contribution is -2.30. The number of carbonyl (C=O) groups is 1. The van der Waals surface area contributed by atoms with Crippen LogP contribution in [0.25, 0.3) is 0 Å². The van der Waals surface area contributed by atoms with Crippen LogP contribution in [0.2, 0.25) is 0 Å². The standard InChI is InChI=1S/C13H17Cl2NO6S.C5H5N/c14-5-7-16(8-6-15)22-10-9-21-13(17)11-1-3-12(4-2-11)23(18,19)20;1-2-4-6-5-3-1/h1-4H,5-10H2,(H,18,19,20);1-5H. The van der Waals surface area contributed by atoms with Gasteiger partial charge in [-0.1, -0.05) is 6.07 Å². The molecule has 0 atom stereocenters. The molecule has 0 aliphatic carbocycles. The quantitative estimate of drug-likeness (QED) is 0.188. The summed E-state index contributed by atoms with van der Waals surface area (Å²) in [6.45, 7) is 1.15. The fourth-order valence-corrected chi connectivity index (χ4v) is 2.75. The van der Waals surface area contributed by atoms with Gasteiger partial charge in [-0.25, -0.2) is 4.79 Å². The van der Waals surface area contributed by atoms with Gasteiger partial charge < -0.3 is 4.74 Å². The topological polar surface area (TPSA) is 106 Å². The first-order valence-electron chi connectivity index (χ1n) is 8.48. The number of benzene rings is 1. The monoisotopic (exact) mass is 464 g/mol. The average Bonchev–Trinajstić information content (AvgIpc) is 2.72. The van der Waals surface area contributed by atoms with Gasteiger partial charge in [-0.2, -0.15) is 13.5 Å². The molecule has 1 heterocycles. The third-order valence-electron chi connectivity index (χ3n) is 3.21. The third-order valence-corrected chi connectivity index (χ3v) is 4.42. The SMILES string of the molecule is O=C(OCCON(CCCl)CCCl)c1ccc(S(=O)(=O)O)cc1.c1ccncc1. The maximum absolute atomic E-state index is 11.8. The summed E-state index contributed by atoms with van der Waals surface area (Å²) in [4.78, 5) is 20.6. The molecule has 2 rings (SSSR count). The summed E-state index contributed by atoms with van der Waals surface area (Å²) in [5.74, 6) is 0.143. The second-order valence-corrected chi connectivity index (χ2v) is 7.48. The fraction of sp³-hybridized carbons (Fsp3) is 0.333. The zero-order chi connectivity index (χ0) is 21.5. The van der Waals surface area contributed by atoms with Gasteiger partial charge >= 0.3 is 5.97 Å². The van der Waals surface area contributed by atoms with E-state index >= 15 is 0 Å². The highest BCUT2D eigenvalue weighted by Crippen LogP contribution is 2.11. The molecule has 11 heteroatoms. The van der Waals surface area contributed by atoms with E-state index in [0.29, 0.717) is 24.8 Å². The molecule has 1 aromatic heterocycles. The smallest absolute Gasteiger partial charge is 0.338 e. The normalized spacial score (nSPS) is 10.9. The van der Waals surface area contributed by atoms with E-state index in [0.717, 1.165) is 12.1 Å². The van der Waals surface area contributed by atoms with Crippen molar-refractivity contribution >= 4 is 39.3 Å². The lowest BCUT2D eigenvalue weighted by atomic mass is 10.2. The zero-order valence-electron chi connectivity index (χ0n) is 15.5. The molecule has 29 heavy (non-hydrogen) atoms. The Labute approximate surface area is 180 Å². The second kappa shape index (κ2) is 14.3. The van der Waals surface area contributed by atoms with Gasteiger partial charge in [0.25, 0.3) is 10.1 Å². The van der Waals surface area contributed by atoms with Crippen molar-refractivity contribution in [1.82, 2.24) is 10.0 Å². The Kier molecular flexibility index (Phi) is 12.4. The number of hydroxylamine groups is 2. The molecule has 0 unspecified atom stereocenters. The van der Waals surface area contributed by atoms with Crippen molar-refractivity contribution in [1.29, 1.82) is 0 Å². The Bertz CT molecular complexity index is 774. The predicted molar refractivity (Wildman–Crippen MR) is 110 cm³/mol. The molecular weight excluding hydrogens is 443 g/mol.